The van der Waals surface area contributed by atoms with Gasteiger partial charge < -0.3 is 5.32 Å². The van der Waals surface area contributed by atoms with Crippen molar-refractivity contribution < 1.29 is 4.79 Å². The number of aromatic nitrogens is 2. The Kier molecular flexibility index (Phi) is 5.07. The van der Waals surface area contributed by atoms with Gasteiger partial charge in [0, 0.05) is 18.3 Å². The van der Waals surface area contributed by atoms with Crippen LogP contribution >= 0.6 is 11.3 Å². The van der Waals surface area contributed by atoms with Crippen molar-refractivity contribution in [3.63, 3.8) is 0 Å². The molecule has 112 valence electrons. The van der Waals surface area contributed by atoms with Gasteiger partial charge in [-0.1, -0.05) is 20.8 Å². The fraction of sp³-hybridized carbons (Fsp3) is 0.438. The Morgan fingerprint density at radius 3 is 2.52 bits per heavy atom. The normalized spacial score (nSPS) is 12.4. The molecule has 0 radical (unpaired) electrons. The van der Waals surface area contributed by atoms with Gasteiger partial charge in [-0.05, 0) is 31.0 Å². The van der Waals surface area contributed by atoms with Gasteiger partial charge in [0.05, 0.1) is 16.7 Å². The van der Waals surface area contributed by atoms with E-state index in [1.807, 2.05) is 19.1 Å². The maximum absolute atomic E-state index is 12.5. The molecule has 0 saturated heterocycles. The zero-order valence-corrected chi connectivity index (χ0v) is 13.7. The van der Waals surface area contributed by atoms with Crippen LogP contribution in [0.3, 0.4) is 0 Å². The Morgan fingerprint density at radius 2 is 2.00 bits per heavy atom. The Morgan fingerprint density at radius 1 is 1.33 bits per heavy atom. The molecule has 1 amide bonds. The van der Waals surface area contributed by atoms with Crippen molar-refractivity contribution in [2.45, 2.75) is 46.1 Å². The molecule has 0 spiro atoms. The third kappa shape index (κ3) is 3.67. The number of nitrogens with one attached hydrogen (secondary N) is 1. The van der Waals surface area contributed by atoms with Crippen LogP contribution in [0.25, 0.3) is 0 Å². The zero-order valence-electron chi connectivity index (χ0n) is 12.9. The van der Waals surface area contributed by atoms with Crippen LogP contribution in [0.1, 0.15) is 65.1 Å². The van der Waals surface area contributed by atoms with Gasteiger partial charge in [-0.15, -0.1) is 11.3 Å². The van der Waals surface area contributed by atoms with E-state index in [1.54, 1.807) is 12.4 Å². The highest BCUT2D eigenvalue weighted by atomic mass is 32.1. The number of nitrogens with zero attached hydrogens (tertiary/aromatic N) is 2. The molecule has 21 heavy (non-hydrogen) atoms. The molecular formula is C16H21N3OS. The average molecular weight is 303 g/mol. The lowest BCUT2D eigenvalue weighted by atomic mass is 10.1. The number of hydrogen-bond donors (Lipinski definition) is 1. The molecule has 0 unspecified atom stereocenters. The topological polar surface area (TPSA) is 54.9 Å². The zero-order chi connectivity index (χ0) is 15.4. The first kappa shape index (κ1) is 15.6. The molecular weight excluding hydrogens is 282 g/mol. The molecule has 0 aliphatic carbocycles. The number of rotatable bonds is 5. The van der Waals surface area contributed by atoms with Crippen LogP contribution < -0.4 is 5.32 Å². The van der Waals surface area contributed by atoms with Crippen molar-refractivity contribution in [1.82, 2.24) is 15.3 Å². The molecule has 2 aromatic heterocycles. The quantitative estimate of drug-likeness (QED) is 0.912. The first-order chi connectivity index (χ1) is 10.0. The number of carbonyl (C=O) groups is 1. The largest absolute Gasteiger partial charge is 0.344 e. The van der Waals surface area contributed by atoms with E-state index < -0.39 is 0 Å². The summed E-state index contributed by atoms with van der Waals surface area (Å²) in [5.74, 6) is 0.304. The van der Waals surface area contributed by atoms with Crippen LogP contribution in [0.4, 0.5) is 0 Å². The molecule has 0 fully saturated rings. The minimum absolute atomic E-state index is 0.00417. The van der Waals surface area contributed by atoms with E-state index in [0.29, 0.717) is 10.8 Å². The summed E-state index contributed by atoms with van der Waals surface area (Å²) in [6.07, 6.45) is 4.34. The van der Waals surface area contributed by atoms with Crippen molar-refractivity contribution in [1.29, 1.82) is 0 Å². The molecule has 0 bridgehead atoms. The van der Waals surface area contributed by atoms with E-state index in [1.165, 1.54) is 11.3 Å². The van der Waals surface area contributed by atoms with Crippen LogP contribution in [0.2, 0.25) is 0 Å². The van der Waals surface area contributed by atoms with E-state index in [0.717, 1.165) is 22.7 Å². The molecule has 2 rings (SSSR count). The summed E-state index contributed by atoms with van der Waals surface area (Å²) in [7, 11) is 0. The minimum atomic E-state index is -0.0411. The number of aryl methyl sites for hydroxylation is 1. The van der Waals surface area contributed by atoms with Crippen LogP contribution in [-0.4, -0.2) is 15.9 Å². The van der Waals surface area contributed by atoms with E-state index >= 15 is 0 Å². The smallest absolute Gasteiger partial charge is 0.263 e. The van der Waals surface area contributed by atoms with Gasteiger partial charge in [0.15, 0.2) is 0 Å². The van der Waals surface area contributed by atoms with Gasteiger partial charge in [-0.3, -0.25) is 9.78 Å². The fourth-order valence-electron chi connectivity index (χ4n) is 2.12. The monoisotopic (exact) mass is 303 g/mol. The second-order valence-electron chi connectivity index (χ2n) is 5.34. The van der Waals surface area contributed by atoms with Gasteiger partial charge in [-0.2, -0.15) is 0 Å². The fourth-order valence-corrected chi connectivity index (χ4v) is 3.09. The molecule has 2 heterocycles. The highest BCUT2D eigenvalue weighted by Crippen LogP contribution is 2.25. The summed E-state index contributed by atoms with van der Waals surface area (Å²) in [4.78, 5) is 21.7. The predicted molar refractivity (Wildman–Crippen MR) is 85.7 cm³/mol. The maximum atomic E-state index is 12.5. The van der Waals surface area contributed by atoms with Gasteiger partial charge in [0.2, 0.25) is 0 Å². The minimum Gasteiger partial charge on any atom is -0.344 e. The molecule has 1 N–H and O–H groups in total. The van der Waals surface area contributed by atoms with E-state index in [9.17, 15) is 4.79 Å². The molecule has 0 aromatic carbocycles. The lowest BCUT2D eigenvalue weighted by molar-refractivity contribution is 0.0939. The molecule has 5 heteroatoms. The van der Waals surface area contributed by atoms with Gasteiger partial charge in [-0.25, -0.2) is 4.98 Å². The SMILES string of the molecule is CC[C@H](NC(=O)c1sc(C(C)C)nc1C)c1ccncc1. The lowest BCUT2D eigenvalue weighted by Gasteiger charge is -2.16. The average Bonchev–Trinajstić information content (AvgIpc) is 2.88. The molecule has 2 aromatic rings. The van der Waals surface area contributed by atoms with Crippen molar-refractivity contribution in [2.24, 2.45) is 0 Å². The second kappa shape index (κ2) is 6.80. The van der Waals surface area contributed by atoms with E-state index in [2.05, 4.69) is 36.1 Å². The molecule has 0 aliphatic rings. The maximum Gasteiger partial charge on any atom is 0.263 e. The van der Waals surface area contributed by atoms with Crippen molar-refractivity contribution in [3.05, 3.63) is 45.7 Å². The third-order valence-corrected chi connectivity index (χ3v) is 4.79. The van der Waals surface area contributed by atoms with Crippen LogP contribution in [0, 0.1) is 6.92 Å². The van der Waals surface area contributed by atoms with E-state index in [-0.39, 0.29) is 11.9 Å². The number of amides is 1. The summed E-state index contributed by atoms with van der Waals surface area (Å²) < 4.78 is 0. The number of hydrogen-bond acceptors (Lipinski definition) is 4. The lowest BCUT2D eigenvalue weighted by Crippen LogP contribution is -2.28. The Balaban J connectivity index is 2.17. The molecule has 1 atom stereocenters. The van der Waals surface area contributed by atoms with Crippen LogP contribution in [0.5, 0.6) is 0 Å². The Bertz CT molecular complexity index is 607. The highest BCUT2D eigenvalue weighted by Gasteiger charge is 2.19. The summed E-state index contributed by atoms with van der Waals surface area (Å²) in [6.45, 7) is 8.13. The van der Waals surface area contributed by atoms with E-state index in [4.69, 9.17) is 0 Å². The van der Waals surface area contributed by atoms with Gasteiger partial charge in [0.1, 0.15) is 4.88 Å². The van der Waals surface area contributed by atoms with Crippen molar-refractivity contribution in [2.75, 3.05) is 0 Å². The first-order valence-corrected chi connectivity index (χ1v) is 8.02. The van der Waals surface area contributed by atoms with Crippen molar-refractivity contribution in [3.8, 4) is 0 Å². The van der Waals surface area contributed by atoms with Gasteiger partial charge in [0.25, 0.3) is 5.91 Å². The molecule has 0 aliphatic heterocycles. The number of thiazole rings is 1. The van der Waals surface area contributed by atoms with Crippen LogP contribution in [0.15, 0.2) is 24.5 Å². The van der Waals surface area contributed by atoms with Crippen molar-refractivity contribution >= 4 is 17.2 Å². The highest BCUT2D eigenvalue weighted by molar-refractivity contribution is 7.13. The number of carbonyl (C=O) groups excluding carboxylic acids is 1. The molecule has 4 nitrogen and oxygen atoms in total. The standard InChI is InChI=1S/C16H21N3OS/c1-5-13(12-6-8-17-9-7-12)19-15(20)14-11(4)18-16(21-14)10(2)3/h6-10,13H,5H2,1-4H3,(H,19,20)/t13-/m0/s1. The Hall–Kier alpha value is -1.75. The second-order valence-corrected chi connectivity index (χ2v) is 6.37. The summed E-state index contributed by atoms with van der Waals surface area (Å²) >= 11 is 1.49. The summed E-state index contributed by atoms with van der Waals surface area (Å²) in [5, 5.41) is 4.10. The summed E-state index contributed by atoms with van der Waals surface area (Å²) in [6, 6.07) is 3.88. The third-order valence-electron chi connectivity index (χ3n) is 3.34. The predicted octanol–water partition coefficient (Wildman–Crippen LogP) is 3.85. The van der Waals surface area contributed by atoms with Gasteiger partial charge >= 0.3 is 0 Å². The summed E-state index contributed by atoms with van der Waals surface area (Å²) in [5.41, 5.74) is 1.89. The number of pyridine rings is 1. The molecule has 0 saturated carbocycles. The first-order valence-electron chi connectivity index (χ1n) is 7.21. The van der Waals surface area contributed by atoms with Crippen LogP contribution in [-0.2, 0) is 0 Å². The Labute approximate surface area is 129 Å².